The minimum absolute atomic E-state index is 0.388. The normalized spacial score (nSPS) is 10.0. The summed E-state index contributed by atoms with van der Waals surface area (Å²) in [6.45, 7) is 4.29. The number of ether oxygens (including phenoxy) is 3. The number of aryl methyl sites for hydroxylation is 1. The van der Waals surface area contributed by atoms with Crippen LogP contribution in [0.3, 0.4) is 0 Å². The molecule has 0 fully saturated rings. The van der Waals surface area contributed by atoms with Gasteiger partial charge < -0.3 is 14.2 Å². The molecule has 0 radical (unpaired) electrons. The van der Waals surface area contributed by atoms with Crippen molar-refractivity contribution < 1.29 is 19.0 Å². The van der Waals surface area contributed by atoms with Crippen molar-refractivity contribution >= 4 is 5.97 Å². The third kappa shape index (κ3) is 3.54. The number of carbonyl (C=O) groups excluding carboxylic acids is 1. The summed E-state index contributed by atoms with van der Waals surface area (Å²) in [7, 11) is 1.54. The molecule has 0 aliphatic rings. The summed E-state index contributed by atoms with van der Waals surface area (Å²) in [6.07, 6.45) is 0. The number of methoxy groups -OCH3 is 1. The van der Waals surface area contributed by atoms with E-state index in [1.807, 2.05) is 32.0 Å². The van der Waals surface area contributed by atoms with E-state index in [2.05, 4.69) is 0 Å². The lowest BCUT2D eigenvalue weighted by molar-refractivity contribution is 0.0725. The van der Waals surface area contributed by atoms with Gasteiger partial charge >= 0.3 is 5.97 Å². The van der Waals surface area contributed by atoms with Crippen LogP contribution in [0.15, 0.2) is 42.5 Å². The first-order valence-corrected chi connectivity index (χ1v) is 6.74. The van der Waals surface area contributed by atoms with Crippen LogP contribution in [0.5, 0.6) is 17.2 Å². The van der Waals surface area contributed by atoms with Gasteiger partial charge in [0.15, 0.2) is 11.5 Å². The number of esters is 1. The van der Waals surface area contributed by atoms with Crippen LogP contribution in [0, 0.1) is 6.92 Å². The maximum Gasteiger partial charge on any atom is 0.347 e. The van der Waals surface area contributed by atoms with Crippen LogP contribution < -0.4 is 14.2 Å². The fourth-order valence-electron chi connectivity index (χ4n) is 1.93. The van der Waals surface area contributed by atoms with Crippen molar-refractivity contribution in [3.63, 3.8) is 0 Å². The molecule has 0 bridgehead atoms. The van der Waals surface area contributed by atoms with Crippen LogP contribution in [-0.4, -0.2) is 19.7 Å². The van der Waals surface area contributed by atoms with Gasteiger partial charge in [0, 0.05) is 0 Å². The predicted molar refractivity (Wildman–Crippen MR) is 80.3 cm³/mol. The number of rotatable bonds is 5. The second-order valence-corrected chi connectivity index (χ2v) is 4.47. The molecule has 0 unspecified atom stereocenters. The zero-order valence-electron chi connectivity index (χ0n) is 12.4. The number of carbonyl (C=O) groups is 1. The molecule has 0 spiro atoms. The second kappa shape index (κ2) is 6.79. The summed E-state index contributed by atoms with van der Waals surface area (Å²) in [5, 5.41) is 0. The highest BCUT2D eigenvalue weighted by Crippen LogP contribution is 2.29. The van der Waals surface area contributed by atoms with Crippen LogP contribution >= 0.6 is 0 Å². The molecule has 2 aromatic rings. The maximum absolute atomic E-state index is 12.3. The van der Waals surface area contributed by atoms with Gasteiger partial charge in [-0.05, 0) is 43.7 Å². The topological polar surface area (TPSA) is 44.8 Å². The highest BCUT2D eigenvalue weighted by molar-refractivity contribution is 5.94. The molecule has 0 saturated carbocycles. The molecule has 0 saturated heterocycles. The molecule has 110 valence electrons. The number of hydrogen-bond acceptors (Lipinski definition) is 4. The van der Waals surface area contributed by atoms with Crippen LogP contribution in [0.25, 0.3) is 0 Å². The fourth-order valence-corrected chi connectivity index (χ4v) is 1.93. The Morgan fingerprint density at radius 3 is 2.52 bits per heavy atom. The van der Waals surface area contributed by atoms with Gasteiger partial charge in [-0.25, -0.2) is 4.79 Å². The summed E-state index contributed by atoms with van der Waals surface area (Å²) in [6, 6.07) is 12.4. The largest absolute Gasteiger partial charge is 0.493 e. The highest BCUT2D eigenvalue weighted by atomic mass is 16.6. The molecule has 0 aliphatic carbocycles. The molecule has 0 atom stereocenters. The molecule has 0 heterocycles. The number of benzene rings is 2. The van der Waals surface area contributed by atoms with E-state index >= 15 is 0 Å². The minimum Gasteiger partial charge on any atom is -0.493 e. The van der Waals surface area contributed by atoms with Crippen molar-refractivity contribution in [2.24, 2.45) is 0 Å². The molecule has 2 aromatic carbocycles. The summed E-state index contributed by atoms with van der Waals surface area (Å²) in [4.78, 5) is 12.3. The van der Waals surface area contributed by atoms with Gasteiger partial charge in [-0.1, -0.05) is 18.2 Å². The Bertz CT molecular complexity index is 634. The van der Waals surface area contributed by atoms with Crippen LogP contribution in [0.4, 0.5) is 0 Å². The van der Waals surface area contributed by atoms with Gasteiger partial charge in [0.1, 0.15) is 11.3 Å². The highest BCUT2D eigenvalue weighted by Gasteiger charge is 2.16. The molecule has 21 heavy (non-hydrogen) atoms. The number of para-hydroxylation sites is 1. The average Bonchev–Trinajstić information content (AvgIpc) is 2.49. The van der Waals surface area contributed by atoms with Crippen molar-refractivity contribution in [2.75, 3.05) is 13.7 Å². The predicted octanol–water partition coefficient (Wildman–Crippen LogP) is 3.62. The summed E-state index contributed by atoms with van der Waals surface area (Å²) in [5.41, 5.74) is 1.42. The monoisotopic (exact) mass is 286 g/mol. The Kier molecular flexibility index (Phi) is 4.82. The van der Waals surface area contributed by atoms with E-state index < -0.39 is 5.97 Å². The lowest BCUT2D eigenvalue weighted by Gasteiger charge is -2.12. The lowest BCUT2D eigenvalue weighted by atomic mass is 10.2. The zero-order chi connectivity index (χ0) is 15.2. The molecular weight excluding hydrogens is 268 g/mol. The molecule has 2 rings (SSSR count). The minimum atomic E-state index is -0.471. The van der Waals surface area contributed by atoms with E-state index in [4.69, 9.17) is 14.2 Å². The van der Waals surface area contributed by atoms with Crippen molar-refractivity contribution in [3.8, 4) is 17.2 Å². The Hall–Kier alpha value is -2.49. The van der Waals surface area contributed by atoms with E-state index in [-0.39, 0.29) is 0 Å². The first-order chi connectivity index (χ1) is 10.2. The maximum atomic E-state index is 12.3. The molecule has 0 N–H and O–H groups in total. The van der Waals surface area contributed by atoms with Crippen LogP contribution in [-0.2, 0) is 0 Å². The third-order valence-electron chi connectivity index (χ3n) is 2.93. The van der Waals surface area contributed by atoms with Gasteiger partial charge in [0.05, 0.1) is 13.7 Å². The Morgan fingerprint density at radius 2 is 1.81 bits per heavy atom. The van der Waals surface area contributed by atoms with Crippen molar-refractivity contribution in [1.29, 1.82) is 0 Å². The van der Waals surface area contributed by atoms with Crippen molar-refractivity contribution in [3.05, 3.63) is 53.6 Å². The molecule has 0 aromatic heterocycles. The smallest absolute Gasteiger partial charge is 0.347 e. The summed E-state index contributed by atoms with van der Waals surface area (Å²) >= 11 is 0. The van der Waals surface area contributed by atoms with E-state index in [1.165, 1.54) is 0 Å². The van der Waals surface area contributed by atoms with E-state index in [1.54, 1.807) is 31.4 Å². The van der Waals surface area contributed by atoms with Crippen molar-refractivity contribution in [2.45, 2.75) is 13.8 Å². The van der Waals surface area contributed by atoms with E-state index in [9.17, 15) is 4.79 Å². The Morgan fingerprint density at radius 1 is 1.05 bits per heavy atom. The number of hydrogen-bond donors (Lipinski definition) is 0. The zero-order valence-corrected chi connectivity index (χ0v) is 12.4. The van der Waals surface area contributed by atoms with Gasteiger partial charge in [-0.3, -0.25) is 0 Å². The van der Waals surface area contributed by atoms with Gasteiger partial charge in [0.2, 0.25) is 0 Å². The van der Waals surface area contributed by atoms with Crippen LogP contribution in [0.2, 0.25) is 0 Å². The summed E-state index contributed by atoms with van der Waals surface area (Å²) in [5.74, 6) is 0.953. The third-order valence-corrected chi connectivity index (χ3v) is 2.93. The standard InChI is InChI=1S/C17H18O4/c1-4-20-14-8-6-5-7-13(14)17(18)21-15-10-9-12(2)11-16(15)19-3/h5-11H,4H2,1-3H3. The van der Waals surface area contributed by atoms with Crippen LogP contribution in [0.1, 0.15) is 22.8 Å². The first kappa shape index (κ1) is 14.9. The molecule has 0 amide bonds. The van der Waals surface area contributed by atoms with Gasteiger partial charge in [-0.15, -0.1) is 0 Å². The fraction of sp³-hybridized carbons (Fsp3) is 0.235. The molecule has 4 heteroatoms. The molecular formula is C17H18O4. The SMILES string of the molecule is CCOc1ccccc1C(=O)Oc1ccc(C)cc1OC. The molecule has 0 aliphatic heterocycles. The summed E-state index contributed by atoms with van der Waals surface area (Å²) < 4.78 is 16.1. The molecule has 4 nitrogen and oxygen atoms in total. The van der Waals surface area contributed by atoms with E-state index in [0.717, 1.165) is 5.56 Å². The second-order valence-electron chi connectivity index (χ2n) is 4.47. The average molecular weight is 286 g/mol. The first-order valence-electron chi connectivity index (χ1n) is 6.74. The van der Waals surface area contributed by atoms with E-state index in [0.29, 0.717) is 29.4 Å². The van der Waals surface area contributed by atoms with Crippen molar-refractivity contribution in [1.82, 2.24) is 0 Å². The lowest BCUT2D eigenvalue weighted by Crippen LogP contribution is -2.11. The Labute approximate surface area is 124 Å². The quantitative estimate of drug-likeness (QED) is 0.622. The van der Waals surface area contributed by atoms with Gasteiger partial charge in [0.25, 0.3) is 0 Å². The Balaban J connectivity index is 2.26. The van der Waals surface area contributed by atoms with Gasteiger partial charge in [-0.2, -0.15) is 0 Å².